The third kappa shape index (κ3) is 7.24. The number of alkyl carbamates (subject to hydrolysis) is 1. The van der Waals surface area contributed by atoms with Crippen LogP contribution < -0.4 is 10.1 Å². The van der Waals surface area contributed by atoms with Crippen molar-refractivity contribution in [2.45, 2.75) is 55.7 Å². The van der Waals surface area contributed by atoms with Gasteiger partial charge in [-0.1, -0.05) is 29.8 Å². The lowest BCUT2D eigenvalue weighted by atomic mass is 9.76. The van der Waals surface area contributed by atoms with Crippen molar-refractivity contribution >= 4 is 38.9 Å². The molecule has 1 aliphatic carbocycles. The zero-order valence-electron chi connectivity index (χ0n) is 20.9. The molecule has 0 bridgehead atoms. The van der Waals surface area contributed by atoms with E-state index in [0.717, 1.165) is 29.0 Å². The monoisotopic (exact) mass is 562 g/mol. The number of aryl methyl sites for hydroxylation is 2. The lowest BCUT2D eigenvalue weighted by molar-refractivity contribution is 0.144. The molecule has 2 aromatic carbocycles. The number of hydrogen-bond donors (Lipinski definition) is 1. The molecule has 198 valence electrons. The van der Waals surface area contributed by atoms with Gasteiger partial charge in [0.2, 0.25) is 0 Å². The van der Waals surface area contributed by atoms with Gasteiger partial charge in [-0.05, 0) is 80.5 Å². The number of aromatic nitrogens is 1. The molecule has 2 atom stereocenters. The number of fused-ring (bicyclic) bond motifs is 1. The second-order valence-corrected chi connectivity index (χ2v) is 13.0. The smallest absolute Gasteiger partial charge is 0.407 e. The molecule has 1 heterocycles. The summed E-state index contributed by atoms with van der Waals surface area (Å²) in [5, 5.41) is 4.44. The summed E-state index contributed by atoms with van der Waals surface area (Å²) < 4.78 is 36.5. The number of carbonyl (C=O) groups excluding carboxylic acids is 1. The van der Waals surface area contributed by atoms with E-state index in [1.165, 1.54) is 23.1 Å². The van der Waals surface area contributed by atoms with Crippen molar-refractivity contribution in [2.24, 2.45) is 0 Å². The molecule has 10 heteroatoms. The number of sulfone groups is 1. The Morgan fingerprint density at radius 2 is 2.08 bits per heavy atom. The number of nitrogens with one attached hydrogen (secondary N) is 1. The van der Waals surface area contributed by atoms with Crippen LogP contribution in [-0.2, 0) is 27.4 Å². The Kier molecular flexibility index (Phi) is 9.10. The fourth-order valence-electron chi connectivity index (χ4n) is 4.66. The van der Waals surface area contributed by atoms with Crippen LogP contribution in [0.3, 0.4) is 0 Å². The van der Waals surface area contributed by atoms with Crippen LogP contribution in [0.5, 0.6) is 5.75 Å². The summed E-state index contributed by atoms with van der Waals surface area (Å²) in [6, 6.07) is 13.7. The minimum atomic E-state index is -3.37. The van der Waals surface area contributed by atoms with Gasteiger partial charge in [0.05, 0.1) is 30.2 Å². The van der Waals surface area contributed by atoms with Crippen LogP contribution in [0.1, 0.15) is 47.4 Å². The van der Waals surface area contributed by atoms with Gasteiger partial charge in [-0.2, -0.15) is 0 Å². The molecule has 1 aromatic heterocycles. The van der Waals surface area contributed by atoms with Crippen LogP contribution in [-0.4, -0.2) is 44.5 Å². The summed E-state index contributed by atoms with van der Waals surface area (Å²) in [5.41, 5.74) is 3.40. The molecule has 0 saturated carbocycles. The zero-order chi connectivity index (χ0) is 26.4. The Labute approximate surface area is 227 Å². The molecule has 2 unspecified atom stereocenters. The zero-order valence-corrected chi connectivity index (χ0v) is 23.3. The molecule has 7 nitrogen and oxygen atoms in total. The Balaban J connectivity index is 1.48. The van der Waals surface area contributed by atoms with Crippen LogP contribution in [0.4, 0.5) is 4.79 Å². The number of benzene rings is 2. The quantitative estimate of drug-likeness (QED) is 0.317. The maximum absolute atomic E-state index is 12.5. The van der Waals surface area contributed by atoms with Crippen LogP contribution in [0.2, 0.25) is 5.02 Å². The highest BCUT2D eigenvalue weighted by Gasteiger charge is 2.31. The molecule has 37 heavy (non-hydrogen) atoms. The van der Waals surface area contributed by atoms with Crippen LogP contribution in [0.15, 0.2) is 52.9 Å². The summed E-state index contributed by atoms with van der Waals surface area (Å²) in [6.45, 7) is 4.16. The topological polar surface area (TPSA) is 94.6 Å². The number of hydrogen-bond acceptors (Lipinski definition) is 7. The van der Waals surface area contributed by atoms with Gasteiger partial charge in [-0.3, -0.25) is 0 Å². The third-order valence-corrected chi connectivity index (χ3v) is 9.88. The van der Waals surface area contributed by atoms with Crippen molar-refractivity contribution in [3.05, 3.63) is 75.4 Å². The SMILES string of the molecule is CCOC(=O)NC1CCc2ccc(OCCCS(=O)(=O)c3cnc(C)s3)cc2C1Cc1cccc(Cl)c1. The maximum Gasteiger partial charge on any atom is 0.407 e. The highest BCUT2D eigenvalue weighted by Crippen LogP contribution is 2.37. The third-order valence-electron chi connectivity index (χ3n) is 6.38. The van der Waals surface area contributed by atoms with Gasteiger partial charge in [0.25, 0.3) is 0 Å². The Bertz CT molecular complexity index is 1340. The molecule has 0 aliphatic heterocycles. The summed E-state index contributed by atoms with van der Waals surface area (Å²) in [7, 11) is -3.37. The van der Waals surface area contributed by atoms with E-state index >= 15 is 0 Å². The number of nitrogens with zero attached hydrogens (tertiary/aromatic N) is 1. The number of thiazole rings is 1. The van der Waals surface area contributed by atoms with Crippen molar-refractivity contribution < 1.29 is 22.7 Å². The second kappa shape index (κ2) is 12.3. The number of amides is 1. The average molecular weight is 563 g/mol. The van der Waals surface area contributed by atoms with E-state index in [0.29, 0.717) is 34.4 Å². The Morgan fingerprint density at radius 1 is 1.24 bits per heavy atom. The second-order valence-electron chi connectivity index (χ2n) is 9.03. The molecule has 0 spiro atoms. The summed E-state index contributed by atoms with van der Waals surface area (Å²) in [4.78, 5) is 16.3. The van der Waals surface area contributed by atoms with E-state index in [1.807, 2.05) is 36.4 Å². The normalized spacial score (nSPS) is 17.2. The first-order valence-electron chi connectivity index (χ1n) is 12.3. The van der Waals surface area contributed by atoms with E-state index in [-0.39, 0.29) is 24.3 Å². The number of rotatable bonds is 10. The predicted molar refractivity (Wildman–Crippen MR) is 146 cm³/mol. The van der Waals surface area contributed by atoms with Gasteiger partial charge >= 0.3 is 6.09 Å². The standard InChI is InChI=1S/C27H31ClN2O5S2/c1-3-34-27(31)30-25-11-9-20-8-10-22(16-23(20)24(25)15-19-6-4-7-21(28)14-19)35-12-5-13-37(32,33)26-17-29-18(2)36-26/h4,6-8,10,14,16-17,24-25H,3,5,9,11-13,15H2,1-2H3,(H,30,31). The molecule has 1 aliphatic rings. The van der Waals surface area contributed by atoms with E-state index in [2.05, 4.69) is 16.4 Å². The molecule has 0 fully saturated rings. The van der Waals surface area contributed by atoms with Crippen molar-refractivity contribution in [1.29, 1.82) is 0 Å². The predicted octanol–water partition coefficient (Wildman–Crippen LogP) is 5.73. The highest BCUT2D eigenvalue weighted by atomic mass is 35.5. The molecule has 0 radical (unpaired) electrons. The maximum atomic E-state index is 12.5. The van der Waals surface area contributed by atoms with Gasteiger partial charge in [-0.15, -0.1) is 11.3 Å². The van der Waals surface area contributed by atoms with Crippen LogP contribution in [0, 0.1) is 6.92 Å². The van der Waals surface area contributed by atoms with Crippen molar-refractivity contribution in [1.82, 2.24) is 10.3 Å². The first-order chi connectivity index (χ1) is 17.7. The van der Waals surface area contributed by atoms with E-state index in [4.69, 9.17) is 21.1 Å². The molecular weight excluding hydrogens is 532 g/mol. The summed E-state index contributed by atoms with van der Waals surface area (Å²) in [5.74, 6) is 0.686. The van der Waals surface area contributed by atoms with E-state index < -0.39 is 15.9 Å². The largest absolute Gasteiger partial charge is 0.494 e. The number of halogens is 1. The lowest BCUT2D eigenvalue weighted by Gasteiger charge is -2.34. The average Bonchev–Trinajstić information content (AvgIpc) is 3.31. The molecular formula is C27H31ClN2O5S2. The fraction of sp³-hybridized carbons (Fsp3) is 0.407. The van der Waals surface area contributed by atoms with Gasteiger partial charge in [-0.25, -0.2) is 18.2 Å². The van der Waals surface area contributed by atoms with Gasteiger partial charge < -0.3 is 14.8 Å². The molecule has 1 amide bonds. The molecule has 3 aromatic rings. The summed E-state index contributed by atoms with van der Waals surface area (Å²) in [6.07, 6.45) is 3.69. The highest BCUT2D eigenvalue weighted by molar-refractivity contribution is 7.93. The number of carbonyl (C=O) groups is 1. The van der Waals surface area contributed by atoms with Crippen molar-refractivity contribution in [2.75, 3.05) is 19.0 Å². The lowest BCUT2D eigenvalue weighted by Crippen LogP contribution is -2.43. The fourth-order valence-corrected chi connectivity index (χ4v) is 7.40. The Morgan fingerprint density at radius 3 is 2.81 bits per heavy atom. The van der Waals surface area contributed by atoms with Crippen LogP contribution >= 0.6 is 22.9 Å². The van der Waals surface area contributed by atoms with Gasteiger partial charge in [0, 0.05) is 17.0 Å². The van der Waals surface area contributed by atoms with Crippen molar-refractivity contribution in [3.63, 3.8) is 0 Å². The molecule has 0 saturated heterocycles. The Hall–Kier alpha value is -2.62. The van der Waals surface area contributed by atoms with Gasteiger partial charge in [0.1, 0.15) is 9.96 Å². The first kappa shape index (κ1) is 27.4. The van der Waals surface area contributed by atoms with Crippen LogP contribution in [0.25, 0.3) is 0 Å². The number of ether oxygens (including phenoxy) is 2. The summed E-state index contributed by atoms with van der Waals surface area (Å²) >= 11 is 7.42. The van der Waals surface area contributed by atoms with Crippen molar-refractivity contribution in [3.8, 4) is 5.75 Å². The van der Waals surface area contributed by atoms with Gasteiger partial charge in [0.15, 0.2) is 9.84 Å². The minimum absolute atomic E-state index is 0.00248. The molecule has 4 rings (SSSR count). The van der Waals surface area contributed by atoms with E-state index in [9.17, 15) is 13.2 Å². The molecule has 1 N–H and O–H groups in total. The first-order valence-corrected chi connectivity index (χ1v) is 15.2. The minimum Gasteiger partial charge on any atom is -0.494 e. The van der Waals surface area contributed by atoms with E-state index in [1.54, 1.807) is 13.8 Å².